The first kappa shape index (κ1) is 13.4. The quantitative estimate of drug-likeness (QED) is 0.317. The summed E-state index contributed by atoms with van der Waals surface area (Å²) in [4.78, 5) is 7.56. The fraction of sp³-hybridized carbons (Fsp3) is 0.400. The molecule has 0 aliphatic heterocycles. The second-order valence-corrected chi connectivity index (χ2v) is 4.63. The maximum Gasteiger partial charge on any atom is 0.0705 e. The van der Waals surface area contributed by atoms with Crippen molar-refractivity contribution < 1.29 is 0 Å². The number of para-hydroxylation sites is 1. The molecule has 1 heterocycles. The number of nitrogens with zero attached hydrogens (tertiary/aromatic N) is 4. The summed E-state index contributed by atoms with van der Waals surface area (Å²) in [5.41, 5.74) is 11.6. The van der Waals surface area contributed by atoms with Gasteiger partial charge in [0.05, 0.1) is 12.1 Å². The summed E-state index contributed by atoms with van der Waals surface area (Å²) in [6.07, 6.45) is 4.48. The van der Waals surface area contributed by atoms with E-state index in [4.69, 9.17) is 10.5 Å². The second kappa shape index (κ2) is 6.76. The predicted octanol–water partition coefficient (Wildman–Crippen LogP) is 4.78. The van der Waals surface area contributed by atoms with Crippen molar-refractivity contribution in [2.75, 3.05) is 0 Å². The summed E-state index contributed by atoms with van der Waals surface area (Å²) in [5, 5.41) is 4.78. The maximum absolute atomic E-state index is 8.48. The van der Waals surface area contributed by atoms with Gasteiger partial charge in [-0.25, -0.2) is 0 Å². The Hall–Kier alpha value is -2.06. The Morgan fingerprint density at radius 3 is 2.89 bits per heavy atom. The maximum atomic E-state index is 8.48. The van der Waals surface area contributed by atoms with E-state index in [0.717, 1.165) is 35.0 Å². The van der Waals surface area contributed by atoms with Crippen LogP contribution in [0.3, 0.4) is 0 Å². The van der Waals surface area contributed by atoms with Crippen LogP contribution >= 0.6 is 0 Å². The summed E-state index contributed by atoms with van der Waals surface area (Å²) in [5.74, 6) is 0. The minimum atomic E-state index is 0.385. The lowest BCUT2D eigenvalue weighted by molar-refractivity contribution is 0.703. The number of fused-ring (bicyclic) bond motifs is 1. The first-order chi connectivity index (χ1) is 9.35. The Kier molecular flexibility index (Phi) is 4.76. The molecule has 2 aromatic rings. The molecule has 19 heavy (non-hydrogen) atoms. The lowest BCUT2D eigenvalue weighted by Crippen LogP contribution is -1.98. The van der Waals surface area contributed by atoms with E-state index >= 15 is 0 Å². The molecular weight excluding hydrogens is 236 g/mol. The molecule has 0 spiro atoms. The highest BCUT2D eigenvalue weighted by Gasteiger charge is 2.06. The number of hydrogen-bond acceptors (Lipinski definition) is 2. The number of benzene rings is 1. The molecule has 4 heteroatoms. The number of unbranched alkanes of at least 4 members (excludes halogenated alkanes) is 2. The van der Waals surface area contributed by atoms with Gasteiger partial charge in [0.15, 0.2) is 0 Å². The highest BCUT2D eigenvalue weighted by Crippen LogP contribution is 2.19. The van der Waals surface area contributed by atoms with Crippen molar-refractivity contribution in [3.05, 3.63) is 52.0 Å². The third kappa shape index (κ3) is 3.46. The molecule has 0 saturated heterocycles. The Morgan fingerprint density at radius 2 is 2.11 bits per heavy atom. The predicted molar refractivity (Wildman–Crippen MR) is 77.8 cm³/mol. The number of pyridine rings is 1. The third-order valence-electron chi connectivity index (χ3n) is 3.21. The van der Waals surface area contributed by atoms with E-state index in [2.05, 4.69) is 23.0 Å². The van der Waals surface area contributed by atoms with E-state index in [1.807, 2.05) is 24.3 Å². The number of aryl methyl sites for hydroxylation is 1. The largest absolute Gasteiger partial charge is 0.253 e. The van der Waals surface area contributed by atoms with Crippen LogP contribution in [-0.2, 0) is 13.0 Å². The van der Waals surface area contributed by atoms with Gasteiger partial charge >= 0.3 is 0 Å². The molecular formula is C15H18N4. The Bertz CT molecular complexity index is 600. The zero-order chi connectivity index (χ0) is 13.5. The first-order valence-corrected chi connectivity index (χ1v) is 6.73. The standard InChI is InChI=1S/C15H18N4/c1-2-3-4-8-15-13(11-17-19-16)10-12-7-5-6-9-14(12)18-15/h5-7,9-10H,2-4,8,11H2,1H3. The smallest absolute Gasteiger partial charge is 0.0705 e. The number of azide groups is 1. The lowest BCUT2D eigenvalue weighted by atomic mass is 10.0. The van der Waals surface area contributed by atoms with Crippen LogP contribution < -0.4 is 0 Å². The molecule has 0 radical (unpaired) electrons. The van der Waals surface area contributed by atoms with Crippen LogP contribution in [0.4, 0.5) is 0 Å². The van der Waals surface area contributed by atoms with Crippen LogP contribution in [0.1, 0.15) is 37.4 Å². The Balaban J connectivity index is 2.35. The van der Waals surface area contributed by atoms with Gasteiger partial charge in [0.1, 0.15) is 0 Å². The molecule has 0 fully saturated rings. The molecule has 2 rings (SSSR count). The number of rotatable bonds is 6. The van der Waals surface area contributed by atoms with Crippen LogP contribution in [-0.4, -0.2) is 4.98 Å². The highest BCUT2D eigenvalue weighted by atomic mass is 15.1. The molecule has 4 nitrogen and oxygen atoms in total. The summed E-state index contributed by atoms with van der Waals surface area (Å²) >= 11 is 0. The second-order valence-electron chi connectivity index (χ2n) is 4.63. The summed E-state index contributed by atoms with van der Waals surface area (Å²) in [6, 6.07) is 10.2. The van der Waals surface area contributed by atoms with Gasteiger partial charge in [-0.05, 0) is 36.1 Å². The molecule has 0 aliphatic carbocycles. The van der Waals surface area contributed by atoms with Crippen LogP contribution in [0.15, 0.2) is 35.4 Å². The fourth-order valence-electron chi connectivity index (χ4n) is 2.20. The van der Waals surface area contributed by atoms with E-state index in [1.165, 1.54) is 12.8 Å². The van der Waals surface area contributed by atoms with E-state index < -0.39 is 0 Å². The fourth-order valence-corrected chi connectivity index (χ4v) is 2.20. The Morgan fingerprint density at radius 1 is 1.26 bits per heavy atom. The van der Waals surface area contributed by atoms with Gasteiger partial charge in [0.25, 0.3) is 0 Å². The van der Waals surface area contributed by atoms with E-state index in [0.29, 0.717) is 6.54 Å². The van der Waals surface area contributed by atoms with Gasteiger partial charge in [-0.1, -0.05) is 43.1 Å². The zero-order valence-corrected chi connectivity index (χ0v) is 11.2. The van der Waals surface area contributed by atoms with Crippen LogP contribution in [0.5, 0.6) is 0 Å². The number of hydrogen-bond donors (Lipinski definition) is 0. The van der Waals surface area contributed by atoms with E-state index in [1.54, 1.807) is 0 Å². The molecule has 0 unspecified atom stereocenters. The Labute approximate surface area is 113 Å². The third-order valence-corrected chi connectivity index (χ3v) is 3.21. The first-order valence-electron chi connectivity index (χ1n) is 6.73. The van der Waals surface area contributed by atoms with Crippen molar-refractivity contribution in [3.8, 4) is 0 Å². The number of aromatic nitrogens is 1. The van der Waals surface area contributed by atoms with Gasteiger partial charge in [0.2, 0.25) is 0 Å². The normalized spacial score (nSPS) is 10.4. The molecule has 0 amide bonds. The van der Waals surface area contributed by atoms with Crippen molar-refractivity contribution in [3.63, 3.8) is 0 Å². The zero-order valence-electron chi connectivity index (χ0n) is 11.2. The summed E-state index contributed by atoms with van der Waals surface area (Å²) in [6.45, 7) is 2.57. The van der Waals surface area contributed by atoms with Crippen molar-refractivity contribution in [1.29, 1.82) is 0 Å². The monoisotopic (exact) mass is 254 g/mol. The van der Waals surface area contributed by atoms with E-state index in [-0.39, 0.29) is 0 Å². The van der Waals surface area contributed by atoms with Crippen molar-refractivity contribution >= 4 is 10.9 Å². The van der Waals surface area contributed by atoms with Crippen LogP contribution in [0.2, 0.25) is 0 Å². The van der Waals surface area contributed by atoms with Gasteiger partial charge in [0, 0.05) is 16.0 Å². The van der Waals surface area contributed by atoms with E-state index in [9.17, 15) is 0 Å². The topological polar surface area (TPSA) is 61.7 Å². The minimum absolute atomic E-state index is 0.385. The molecule has 1 aromatic carbocycles. The lowest BCUT2D eigenvalue weighted by Gasteiger charge is -2.08. The van der Waals surface area contributed by atoms with Gasteiger partial charge < -0.3 is 0 Å². The van der Waals surface area contributed by atoms with Crippen molar-refractivity contribution in [2.24, 2.45) is 5.11 Å². The van der Waals surface area contributed by atoms with Crippen LogP contribution in [0, 0.1) is 0 Å². The average Bonchev–Trinajstić information content (AvgIpc) is 2.45. The van der Waals surface area contributed by atoms with Crippen molar-refractivity contribution in [2.45, 2.75) is 39.2 Å². The molecule has 1 aromatic heterocycles. The molecule has 0 aliphatic rings. The molecule has 0 saturated carbocycles. The highest BCUT2D eigenvalue weighted by molar-refractivity contribution is 5.79. The SMILES string of the molecule is CCCCCc1nc2ccccc2cc1CN=[N+]=[N-]. The summed E-state index contributed by atoms with van der Waals surface area (Å²) in [7, 11) is 0. The van der Waals surface area contributed by atoms with Gasteiger partial charge in [-0.2, -0.15) is 0 Å². The minimum Gasteiger partial charge on any atom is -0.253 e. The molecule has 0 atom stereocenters. The van der Waals surface area contributed by atoms with Gasteiger partial charge in [-0.3, -0.25) is 4.98 Å². The average molecular weight is 254 g/mol. The van der Waals surface area contributed by atoms with Crippen molar-refractivity contribution in [1.82, 2.24) is 4.98 Å². The summed E-state index contributed by atoms with van der Waals surface area (Å²) < 4.78 is 0. The van der Waals surface area contributed by atoms with Gasteiger partial charge in [-0.15, -0.1) is 0 Å². The molecule has 0 N–H and O–H groups in total. The molecule has 98 valence electrons. The van der Waals surface area contributed by atoms with Crippen LogP contribution in [0.25, 0.3) is 21.3 Å². The molecule has 0 bridgehead atoms.